The van der Waals surface area contributed by atoms with E-state index in [1.54, 1.807) is 31.2 Å². The van der Waals surface area contributed by atoms with Gasteiger partial charge in [-0.1, -0.05) is 23.4 Å². The highest BCUT2D eigenvalue weighted by Gasteiger charge is 2.36. The van der Waals surface area contributed by atoms with Crippen LogP contribution in [0.25, 0.3) is 11.1 Å². The molecule has 1 amide bonds. The van der Waals surface area contributed by atoms with E-state index in [-0.39, 0.29) is 42.7 Å². The maximum absolute atomic E-state index is 13.4. The van der Waals surface area contributed by atoms with Crippen molar-refractivity contribution in [2.45, 2.75) is 25.8 Å². The highest BCUT2D eigenvalue weighted by atomic mass is 19.3. The maximum atomic E-state index is 13.4. The Balaban J connectivity index is 1.74. The van der Waals surface area contributed by atoms with Crippen LogP contribution >= 0.6 is 0 Å². The molecule has 1 saturated heterocycles. The molecule has 0 bridgehead atoms. The van der Waals surface area contributed by atoms with Crippen LogP contribution in [0.5, 0.6) is 11.5 Å². The van der Waals surface area contributed by atoms with Gasteiger partial charge in [0.1, 0.15) is 7.11 Å². The first-order chi connectivity index (χ1) is 15.0. The van der Waals surface area contributed by atoms with Crippen molar-refractivity contribution in [3.8, 4) is 22.6 Å². The molecule has 4 rings (SSSR count). The number of hydrogen-bond donors (Lipinski definition) is 1. The third-order valence-electron chi connectivity index (χ3n) is 5.61. The van der Waals surface area contributed by atoms with Crippen LogP contribution < -0.4 is 9.47 Å². The minimum absolute atomic E-state index is 0.0573. The highest BCUT2D eigenvalue weighted by molar-refractivity contribution is 6.03. The molecule has 1 N–H and O–H groups in total. The van der Waals surface area contributed by atoms with E-state index in [0.29, 0.717) is 34.6 Å². The lowest BCUT2D eigenvalue weighted by atomic mass is 9.94. The van der Waals surface area contributed by atoms with E-state index >= 15 is 0 Å². The van der Waals surface area contributed by atoms with Crippen LogP contribution in [0.2, 0.25) is 0 Å². The Morgan fingerprint density at radius 1 is 1.26 bits per heavy atom. The Kier molecular flexibility index (Phi) is 5.77. The van der Waals surface area contributed by atoms with Crippen LogP contribution in [0.15, 0.2) is 35.5 Å². The normalized spacial score (nSPS) is 18.8. The van der Waals surface area contributed by atoms with Crippen molar-refractivity contribution >= 4 is 11.6 Å². The summed E-state index contributed by atoms with van der Waals surface area (Å²) < 4.78 is 37.9. The van der Waals surface area contributed by atoms with Crippen molar-refractivity contribution in [3.05, 3.63) is 47.0 Å². The number of hydrogen-bond acceptors (Lipinski definition) is 6. The molecule has 0 aromatic heterocycles. The molecule has 2 heterocycles. The number of halogens is 2. The number of rotatable bonds is 5. The molecule has 2 aromatic carbocycles. The highest BCUT2D eigenvalue weighted by Crippen LogP contribution is 2.46. The Hall–Kier alpha value is -3.20. The average Bonchev–Trinajstić information content (AvgIpc) is 3.40. The Morgan fingerprint density at radius 3 is 2.74 bits per heavy atom. The number of alkyl halides is 2. The van der Waals surface area contributed by atoms with E-state index in [1.807, 2.05) is 0 Å². The summed E-state index contributed by atoms with van der Waals surface area (Å²) in [6.07, 6.45) is -2.19. The molecule has 1 unspecified atom stereocenters. The average molecular weight is 432 g/mol. The minimum Gasteiger partial charge on any atom is -0.453 e. The second-order valence-corrected chi connectivity index (χ2v) is 7.36. The molecule has 0 saturated carbocycles. The topological polar surface area (TPSA) is 80.6 Å². The fourth-order valence-corrected chi connectivity index (χ4v) is 4.08. The van der Waals surface area contributed by atoms with Crippen LogP contribution in [-0.4, -0.2) is 54.7 Å². The third kappa shape index (κ3) is 3.69. The number of benzene rings is 2. The van der Waals surface area contributed by atoms with Gasteiger partial charge in [-0.2, -0.15) is 0 Å². The largest absolute Gasteiger partial charge is 0.453 e. The second kappa shape index (κ2) is 8.50. The molecular formula is C22H22F2N2O5. The molecule has 0 aliphatic carbocycles. The molecule has 31 heavy (non-hydrogen) atoms. The predicted octanol–water partition coefficient (Wildman–Crippen LogP) is 3.54. The summed E-state index contributed by atoms with van der Waals surface area (Å²) in [6.45, 7) is 1.56. The van der Waals surface area contributed by atoms with Gasteiger partial charge < -0.3 is 24.3 Å². The number of carbonyl (C=O) groups excluding carboxylic acids is 1. The van der Waals surface area contributed by atoms with Crippen molar-refractivity contribution in [3.63, 3.8) is 0 Å². The van der Waals surface area contributed by atoms with Gasteiger partial charge >= 0.3 is 0 Å². The number of carbonyl (C=O) groups is 1. The van der Waals surface area contributed by atoms with Gasteiger partial charge in [-0.05, 0) is 30.2 Å². The summed E-state index contributed by atoms with van der Waals surface area (Å²) in [6, 6.07) is 7.53. The number of aliphatic hydroxyl groups is 1. The fraction of sp³-hybridized carbons (Fsp3) is 0.364. The second-order valence-electron chi connectivity index (χ2n) is 7.36. The Bertz CT molecular complexity index is 1040. The SMILES string of the molecule is CON=C1CC(CO)N(C(=O)c2ccc(-c3cccc(C(F)F)c3C)c3c2OCO3)C1. The number of likely N-dealkylation sites (tertiary alicyclic amines) is 1. The molecule has 1 fully saturated rings. The molecule has 2 aromatic rings. The Labute approximate surface area is 177 Å². The molecule has 2 aliphatic rings. The minimum atomic E-state index is -2.60. The van der Waals surface area contributed by atoms with Gasteiger partial charge in [-0.25, -0.2) is 8.78 Å². The monoisotopic (exact) mass is 432 g/mol. The summed E-state index contributed by atoms with van der Waals surface area (Å²) in [5.74, 6) is 0.260. The quantitative estimate of drug-likeness (QED) is 0.731. The zero-order valence-corrected chi connectivity index (χ0v) is 17.1. The van der Waals surface area contributed by atoms with Crippen molar-refractivity contribution < 1.29 is 33.0 Å². The van der Waals surface area contributed by atoms with E-state index in [4.69, 9.17) is 14.3 Å². The van der Waals surface area contributed by atoms with Crippen molar-refractivity contribution in [1.82, 2.24) is 4.90 Å². The van der Waals surface area contributed by atoms with Crippen LogP contribution in [-0.2, 0) is 4.84 Å². The molecule has 0 spiro atoms. The van der Waals surface area contributed by atoms with Gasteiger partial charge in [0.15, 0.2) is 11.5 Å². The van der Waals surface area contributed by atoms with E-state index in [9.17, 15) is 18.7 Å². The summed E-state index contributed by atoms with van der Waals surface area (Å²) >= 11 is 0. The summed E-state index contributed by atoms with van der Waals surface area (Å²) in [5, 5.41) is 13.6. The summed E-state index contributed by atoms with van der Waals surface area (Å²) in [5.41, 5.74) is 2.47. The first-order valence-electron chi connectivity index (χ1n) is 9.77. The van der Waals surface area contributed by atoms with Crippen molar-refractivity contribution in [2.75, 3.05) is 27.1 Å². The van der Waals surface area contributed by atoms with E-state index in [0.717, 1.165) is 0 Å². The fourth-order valence-electron chi connectivity index (χ4n) is 4.08. The smallest absolute Gasteiger partial charge is 0.264 e. The van der Waals surface area contributed by atoms with E-state index in [2.05, 4.69) is 5.16 Å². The molecule has 2 aliphatic heterocycles. The number of amides is 1. The zero-order chi connectivity index (χ0) is 22.1. The molecule has 164 valence electrons. The number of aliphatic hydroxyl groups excluding tert-OH is 1. The molecule has 7 nitrogen and oxygen atoms in total. The Morgan fingerprint density at radius 2 is 2.03 bits per heavy atom. The number of nitrogens with zero attached hydrogens (tertiary/aromatic N) is 2. The number of ether oxygens (including phenoxy) is 2. The van der Waals surface area contributed by atoms with Gasteiger partial charge in [0.05, 0.1) is 30.5 Å². The predicted molar refractivity (Wildman–Crippen MR) is 109 cm³/mol. The third-order valence-corrected chi connectivity index (χ3v) is 5.61. The van der Waals surface area contributed by atoms with Gasteiger partial charge in [0.2, 0.25) is 6.79 Å². The zero-order valence-electron chi connectivity index (χ0n) is 17.1. The number of fused-ring (bicyclic) bond motifs is 1. The van der Waals surface area contributed by atoms with Crippen LogP contribution in [0, 0.1) is 6.92 Å². The van der Waals surface area contributed by atoms with E-state index < -0.39 is 12.5 Å². The number of oxime groups is 1. The molecular weight excluding hydrogens is 410 g/mol. The summed E-state index contributed by atoms with van der Waals surface area (Å²) in [4.78, 5) is 19.6. The van der Waals surface area contributed by atoms with Gasteiger partial charge in [0, 0.05) is 17.5 Å². The van der Waals surface area contributed by atoms with Crippen LogP contribution in [0.3, 0.4) is 0 Å². The first-order valence-corrected chi connectivity index (χ1v) is 9.77. The molecule has 0 radical (unpaired) electrons. The lowest BCUT2D eigenvalue weighted by Gasteiger charge is -2.23. The van der Waals surface area contributed by atoms with Gasteiger partial charge in [-0.3, -0.25) is 4.79 Å². The maximum Gasteiger partial charge on any atom is 0.264 e. The van der Waals surface area contributed by atoms with E-state index in [1.165, 1.54) is 18.1 Å². The van der Waals surface area contributed by atoms with Crippen molar-refractivity contribution in [2.24, 2.45) is 5.16 Å². The summed E-state index contributed by atoms with van der Waals surface area (Å²) in [7, 11) is 1.42. The first kappa shape index (κ1) is 21.0. The lowest BCUT2D eigenvalue weighted by molar-refractivity contribution is 0.0675. The van der Waals surface area contributed by atoms with Crippen LogP contribution in [0.1, 0.15) is 34.3 Å². The standard InChI is InChI=1S/C22H22F2N2O5/c1-12-15(4-3-5-16(12)21(23)24)17-6-7-18(20-19(17)30-11-31-20)22(28)26-9-13(25-29-2)8-14(26)10-27/h3-7,14,21,27H,8-11H2,1-2H3. The lowest BCUT2D eigenvalue weighted by Crippen LogP contribution is -2.38. The van der Waals surface area contributed by atoms with Crippen LogP contribution in [0.4, 0.5) is 8.78 Å². The molecule has 9 heteroatoms. The van der Waals surface area contributed by atoms with Gasteiger partial charge in [0.25, 0.3) is 12.3 Å². The van der Waals surface area contributed by atoms with Gasteiger partial charge in [-0.15, -0.1) is 0 Å². The van der Waals surface area contributed by atoms with Crippen molar-refractivity contribution in [1.29, 1.82) is 0 Å². The molecule has 1 atom stereocenters.